The largest absolute Gasteiger partial charge is 0.352 e. The van der Waals surface area contributed by atoms with E-state index in [9.17, 15) is 19.7 Å². The standard InChI is InChI=1S/C22H27N3O4/c1-15(2)23-22(27)17(4)24(14-19-11-6-5-9-16(19)3)21(26)13-18-10-7-8-12-20(18)25(28)29/h5-12,15,17H,13-14H2,1-4H3,(H,23,27)/t17-/m1/s1. The first-order valence-electron chi connectivity index (χ1n) is 9.57. The molecule has 1 atom stereocenters. The summed E-state index contributed by atoms with van der Waals surface area (Å²) in [5.74, 6) is -0.599. The number of nitro benzene ring substituents is 1. The second-order valence-electron chi connectivity index (χ2n) is 7.35. The highest BCUT2D eigenvalue weighted by Crippen LogP contribution is 2.21. The summed E-state index contributed by atoms with van der Waals surface area (Å²) in [5.41, 5.74) is 2.16. The molecule has 0 aliphatic rings. The number of hydrogen-bond donors (Lipinski definition) is 1. The lowest BCUT2D eigenvalue weighted by atomic mass is 10.0. The van der Waals surface area contributed by atoms with Crippen molar-refractivity contribution < 1.29 is 14.5 Å². The molecule has 0 aromatic heterocycles. The second-order valence-corrected chi connectivity index (χ2v) is 7.35. The number of benzene rings is 2. The van der Waals surface area contributed by atoms with Crippen molar-refractivity contribution >= 4 is 17.5 Å². The van der Waals surface area contributed by atoms with Gasteiger partial charge in [-0.2, -0.15) is 0 Å². The van der Waals surface area contributed by atoms with E-state index in [4.69, 9.17) is 0 Å². The minimum atomic E-state index is -0.715. The van der Waals surface area contributed by atoms with Gasteiger partial charge in [0.15, 0.2) is 0 Å². The summed E-state index contributed by atoms with van der Waals surface area (Å²) in [7, 11) is 0. The molecule has 0 bridgehead atoms. The first-order chi connectivity index (χ1) is 13.7. The zero-order chi connectivity index (χ0) is 21.6. The van der Waals surface area contributed by atoms with E-state index in [1.54, 1.807) is 25.1 Å². The van der Waals surface area contributed by atoms with Crippen molar-refractivity contribution in [1.82, 2.24) is 10.2 Å². The summed E-state index contributed by atoms with van der Waals surface area (Å²) in [4.78, 5) is 38.0. The minimum absolute atomic E-state index is 0.0597. The number of nitro groups is 1. The number of rotatable bonds is 8. The number of carbonyl (C=O) groups excluding carboxylic acids is 2. The fraction of sp³-hybridized carbons (Fsp3) is 0.364. The van der Waals surface area contributed by atoms with E-state index < -0.39 is 11.0 Å². The van der Waals surface area contributed by atoms with Crippen molar-refractivity contribution in [3.8, 4) is 0 Å². The Labute approximate surface area is 170 Å². The van der Waals surface area contributed by atoms with E-state index in [1.807, 2.05) is 45.0 Å². The van der Waals surface area contributed by atoms with Crippen LogP contribution in [0.2, 0.25) is 0 Å². The SMILES string of the molecule is Cc1ccccc1CN(C(=O)Cc1ccccc1[N+](=O)[O-])[C@H](C)C(=O)NC(C)C. The Morgan fingerprint density at radius 1 is 1.03 bits per heavy atom. The van der Waals surface area contributed by atoms with Crippen molar-refractivity contribution in [3.05, 3.63) is 75.3 Å². The molecular weight excluding hydrogens is 370 g/mol. The van der Waals surface area contributed by atoms with Crippen LogP contribution in [0.5, 0.6) is 0 Å². The summed E-state index contributed by atoms with van der Waals surface area (Å²) < 4.78 is 0. The molecule has 2 rings (SSSR count). The Hall–Kier alpha value is -3.22. The normalized spacial score (nSPS) is 11.8. The predicted octanol–water partition coefficient (Wildman–Crippen LogP) is 3.39. The summed E-state index contributed by atoms with van der Waals surface area (Å²) in [6, 6.07) is 13.0. The van der Waals surface area contributed by atoms with Crippen molar-refractivity contribution in [2.24, 2.45) is 0 Å². The molecule has 0 radical (unpaired) electrons. The lowest BCUT2D eigenvalue weighted by Crippen LogP contribution is -2.49. The van der Waals surface area contributed by atoms with E-state index in [0.717, 1.165) is 11.1 Å². The number of amides is 2. The molecule has 0 aliphatic carbocycles. The van der Waals surface area contributed by atoms with Gasteiger partial charge in [-0.25, -0.2) is 0 Å². The number of nitrogens with zero attached hydrogens (tertiary/aromatic N) is 2. The zero-order valence-corrected chi connectivity index (χ0v) is 17.2. The monoisotopic (exact) mass is 397 g/mol. The Kier molecular flexibility index (Phi) is 7.47. The maximum atomic E-state index is 13.2. The quantitative estimate of drug-likeness (QED) is 0.546. The van der Waals surface area contributed by atoms with Crippen LogP contribution in [0.25, 0.3) is 0 Å². The van der Waals surface area contributed by atoms with Crippen molar-refractivity contribution in [2.75, 3.05) is 0 Å². The van der Waals surface area contributed by atoms with Gasteiger partial charge in [-0.3, -0.25) is 19.7 Å². The van der Waals surface area contributed by atoms with Gasteiger partial charge in [0, 0.05) is 24.2 Å². The molecule has 7 heteroatoms. The Morgan fingerprint density at radius 2 is 1.62 bits per heavy atom. The van der Waals surface area contributed by atoms with Crippen molar-refractivity contribution in [3.63, 3.8) is 0 Å². The third-order valence-electron chi connectivity index (χ3n) is 4.73. The molecule has 0 saturated heterocycles. The summed E-state index contributed by atoms with van der Waals surface area (Å²) in [5, 5.41) is 14.1. The molecule has 0 fully saturated rings. The van der Waals surface area contributed by atoms with Crippen LogP contribution in [0.3, 0.4) is 0 Å². The van der Waals surface area contributed by atoms with Gasteiger partial charge < -0.3 is 10.2 Å². The van der Waals surface area contributed by atoms with Crippen molar-refractivity contribution in [1.29, 1.82) is 0 Å². The molecule has 154 valence electrons. The molecule has 0 heterocycles. The Balaban J connectivity index is 2.33. The van der Waals surface area contributed by atoms with Crippen molar-refractivity contribution in [2.45, 2.75) is 52.7 Å². The van der Waals surface area contributed by atoms with E-state index in [1.165, 1.54) is 11.0 Å². The molecule has 0 aliphatic heterocycles. The lowest BCUT2D eigenvalue weighted by Gasteiger charge is -2.30. The summed E-state index contributed by atoms with van der Waals surface area (Å²) in [6.45, 7) is 7.57. The molecule has 1 N–H and O–H groups in total. The van der Waals surface area contributed by atoms with Crippen LogP contribution in [-0.4, -0.2) is 33.7 Å². The van der Waals surface area contributed by atoms with Crippen LogP contribution >= 0.6 is 0 Å². The van der Waals surface area contributed by atoms with Gasteiger partial charge in [-0.1, -0.05) is 42.5 Å². The number of para-hydroxylation sites is 1. The van der Waals surface area contributed by atoms with Crippen LogP contribution in [0.15, 0.2) is 48.5 Å². The Morgan fingerprint density at radius 3 is 2.21 bits per heavy atom. The molecule has 29 heavy (non-hydrogen) atoms. The Bertz CT molecular complexity index is 895. The van der Waals surface area contributed by atoms with Crippen LogP contribution in [0.4, 0.5) is 5.69 Å². The smallest absolute Gasteiger partial charge is 0.273 e. The van der Waals surface area contributed by atoms with Gasteiger partial charge >= 0.3 is 0 Å². The van der Waals surface area contributed by atoms with Gasteiger partial charge in [0.05, 0.1) is 11.3 Å². The summed E-state index contributed by atoms with van der Waals surface area (Å²) in [6.07, 6.45) is -0.150. The van der Waals surface area contributed by atoms with Crippen LogP contribution < -0.4 is 5.32 Å². The zero-order valence-electron chi connectivity index (χ0n) is 17.2. The van der Waals surface area contributed by atoms with E-state index in [2.05, 4.69) is 5.32 Å². The highest BCUT2D eigenvalue weighted by Gasteiger charge is 2.28. The molecular formula is C22H27N3O4. The number of hydrogen-bond acceptors (Lipinski definition) is 4. The van der Waals surface area contributed by atoms with E-state index in [0.29, 0.717) is 5.56 Å². The first kappa shape index (κ1) is 22.1. The first-order valence-corrected chi connectivity index (χ1v) is 9.57. The van der Waals surface area contributed by atoms with Crippen LogP contribution in [-0.2, 0) is 22.6 Å². The summed E-state index contributed by atoms with van der Waals surface area (Å²) >= 11 is 0. The van der Waals surface area contributed by atoms with Gasteiger partial charge in [0.1, 0.15) is 6.04 Å². The lowest BCUT2D eigenvalue weighted by molar-refractivity contribution is -0.385. The predicted molar refractivity (Wildman–Crippen MR) is 111 cm³/mol. The van der Waals surface area contributed by atoms with Crippen LogP contribution in [0.1, 0.15) is 37.5 Å². The maximum absolute atomic E-state index is 13.2. The molecule has 0 spiro atoms. The molecule has 0 saturated carbocycles. The van der Waals surface area contributed by atoms with Crippen LogP contribution in [0, 0.1) is 17.0 Å². The molecule has 7 nitrogen and oxygen atoms in total. The number of nitrogens with one attached hydrogen (secondary N) is 1. The van der Waals surface area contributed by atoms with Gasteiger partial charge in [-0.05, 0) is 38.8 Å². The van der Waals surface area contributed by atoms with E-state index in [-0.39, 0.29) is 36.5 Å². The molecule has 0 unspecified atom stereocenters. The maximum Gasteiger partial charge on any atom is 0.273 e. The topological polar surface area (TPSA) is 92.6 Å². The second kappa shape index (κ2) is 9.82. The molecule has 2 amide bonds. The third kappa shape index (κ3) is 5.88. The third-order valence-corrected chi connectivity index (χ3v) is 4.73. The average molecular weight is 397 g/mol. The molecule has 2 aromatic carbocycles. The van der Waals surface area contributed by atoms with Gasteiger partial charge in [-0.15, -0.1) is 0 Å². The number of aryl methyl sites for hydroxylation is 1. The highest BCUT2D eigenvalue weighted by atomic mass is 16.6. The highest BCUT2D eigenvalue weighted by molar-refractivity contribution is 5.88. The van der Waals surface area contributed by atoms with Gasteiger partial charge in [0.25, 0.3) is 5.69 Å². The fourth-order valence-electron chi connectivity index (χ4n) is 3.06. The fourth-order valence-corrected chi connectivity index (χ4v) is 3.06. The average Bonchev–Trinajstić information content (AvgIpc) is 2.66. The minimum Gasteiger partial charge on any atom is -0.352 e. The number of carbonyl (C=O) groups is 2. The molecule has 2 aromatic rings. The van der Waals surface area contributed by atoms with Gasteiger partial charge in [0.2, 0.25) is 11.8 Å². The van der Waals surface area contributed by atoms with E-state index >= 15 is 0 Å².